The van der Waals surface area contributed by atoms with Crippen LogP contribution in [0.4, 0.5) is 4.79 Å². The number of hydrogen-bond acceptors (Lipinski definition) is 4. The highest BCUT2D eigenvalue weighted by atomic mass is 79.9. The van der Waals surface area contributed by atoms with Crippen LogP contribution in [-0.2, 0) is 0 Å². The minimum absolute atomic E-state index is 0. The van der Waals surface area contributed by atoms with Crippen LogP contribution in [0, 0.1) is 0 Å². The molecule has 0 bridgehead atoms. The van der Waals surface area contributed by atoms with E-state index in [9.17, 15) is 9.59 Å². The molecule has 0 aromatic carbocycles. The van der Waals surface area contributed by atoms with Gasteiger partial charge in [-0.3, -0.25) is 4.48 Å². The van der Waals surface area contributed by atoms with Crippen molar-refractivity contribution in [2.24, 2.45) is 0 Å². The summed E-state index contributed by atoms with van der Waals surface area (Å²) in [6, 6.07) is 3.29. The fourth-order valence-corrected chi connectivity index (χ4v) is 4.75. The van der Waals surface area contributed by atoms with E-state index < -0.39 is 6.09 Å². The van der Waals surface area contributed by atoms with Crippen molar-refractivity contribution < 1.29 is 57.3 Å². The SMILES string of the molecule is CCCCCCCC[N+](C)(C)CCCCCCCCCC[N+](C)(C)C(=O)c1ncccc1OC(=O)N(C)C.[Br-].[Br-]. The van der Waals surface area contributed by atoms with Crippen molar-refractivity contribution in [3.05, 3.63) is 24.0 Å². The molecule has 0 N–H and O–H groups in total. The summed E-state index contributed by atoms with van der Waals surface area (Å²) >= 11 is 0. The molecule has 0 aliphatic heterocycles. The number of hydrogen-bond donors (Lipinski definition) is 0. The van der Waals surface area contributed by atoms with E-state index in [0.29, 0.717) is 0 Å². The summed E-state index contributed by atoms with van der Waals surface area (Å²) in [5.41, 5.74) is 0.210. The second kappa shape index (κ2) is 22.6. The Bertz CT molecular complexity index is 820. The number of quaternary nitrogens is 2. The lowest BCUT2D eigenvalue weighted by molar-refractivity contribution is -0.890. The Morgan fingerprint density at radius 2 is 1.20 bits per heavy atom. The zero-order valence-corrected chi connectivity index (χ0v) is 29.7. The third-order valence-electron chi connectivity index (χ3n) is 7.43. The van der Waals surface area contributed by atoms with E-state index in [4.69, 9.17) is 4.74 Å². The van der Waals surface area contributed by atoms with Gasteiger partial charge < -0.3 is 48.1 Å². The first-order chi connectivity index (χ1) is 18.0. The van der Waals surface area contributed by atoms with E-state index in [0.717, 1.165) is 19.4 Å². The molecule has 40 heavy (non-hydrogen) atoms. The maximum absolute atomic E-state index is 13.2. The quantitative estimate of drug-likeness (QED) is 0.151. The highest BCUT2D eigenvalue weighted by Crippen LogP contribution is 2.21. The average Bonchev–Trinajstić information content (AvgIpc) is 2.87. The highest BCUT2D eigenvalue weighted by molar-refractivity contribution is 5.90. The third kappa shape index (κ3) is 17.7. The molecule has 0 radical (unpaired) electrons. The van der Waals surface area contributed by atoms with Crippen molar-refractivity contribution in [2.75, 3.05) is 61.9 Å². The molecule has 0 aliphatic carbocycles. The van der Waals surface area contributed by atoms with Gasteiger partial charge >= 0.3 is 12.0 Å². The molecule has 1 rings (SSSR count). The Morgan fingerprint density at radius 1 is 0.750 bits per heavy atom. The van der Waals surface area contributed by atoms with Crippen LogP contribution in [0.25, 0.3) is 0 Å². The predicted octanol–water partition coefficient (Wildman–Crippen LogP) is 0.924. The molecule has 0 atom stereocenters. The first-order valence-corrected chi connectivity index (χ1v) is 15.0. The van der Waals surface area contributed by atoms with Crippen molar-refractivity contribution >= 4 is 12.0 Å². The Hall–Kier alpha value is -1.03. The van der Waals surface area contributed by atoms with Gasteiger partial charge in [-0.2, -0.15) is 0 Å². The maximum atomic E-state index is 13.2. The van der Waals surface area contributed by atoms with Gasteiger partial charge in [0.15, 0.2) is 5.75 Å². The van der Waals surface area contributed by atoms with Gasteiger partial charge in [0.25, 0.3) is 0 Å². The van der Waals surface area contributed by atoms with Crippen LogP contribution in [0.15, 0.2) is 18.3 Å². The van der Waals surface area contributed by atoms with Crippen molar-refractivity contribution in [2.45, 2.75) is 96.8 Å². The first-order valence-electron chi connectivity index (χ1n) is 15.0. The van der Waals surface area contributed by atoms with Crippen LogP contribution >= 0.6 is 0 Å². The first kappa shape index (κ1) is 41.1. The van der Waals surface area contributed by atoms with Crippen molar-refractivity contribution in [3.63, 3.8) is 0 Å². The summed E-state index contributed by atoms with van der Waals surface area (Å²) in [7, 11) is 11.8. The molecule has 2 amide bonds. The van der Waals surface area contributed by atoms with Crippen LogP contribution in [0.5, 0.6) is 5.75 Å². The van der Waals surface area contributed by atoms with Crippen molar-refractivity contribution in [1.29, 1.82) is 0 Å². The van der Waals surface area contributed by atoms with Crippen LogP contribution in [-0.4, -0.2) is 92.8 Å². The molecule has 0 fully saturated rings. The van der Waals surface area contributed by atoms with Crippen LogP contribution in [0.3, 0.4) is 0 Å². The summed E-state index contributed by atoms with van der Waals surface area (Å²) < 4.78 is 6.72. The summed E-state index contributed by atoms with van der Waals surface area (Å²) in [4.78, 5) is 30.7. The summed E-state index contributed by atoms with van der Waals surface area (Å²) in [6.45, 7) is 5.62. The number of nitrogens with zero attached hydrogens (tertiary/aromatic N) is 4. The van der Waals surface area contributed by atoms with Gasteiger partial charge in [0.05, 0.1) is 47.8 Å². The lowest BCUT2D eigenvalue weighted by atomic mass is 10.1. The smallest absolute Gasteiger partial charge is 0.414 e. The minimum Gasteiger partial charge on any atom is -1.00 e. The Labute approximate surface area is 266 Å². The second-order valence-electron chi connectivity index (χ2n) is 12.3. The molecule has 1 heterocycles. The number of ether oxygens (including phenoxy) is 1. The van der Waals surface area contributed by atoms with Crippen molar-refractivity contribution in [3.8, 4) is 5.75 Å². The number of carbonyl (C=O) groups is 2. The number of rotatable bonds is 20. The van der Waals surface area contributed by atoms with E-state index in [1.807, 2.05) is 14.1 Å². The number of amides is 2. The zero-order valence-electron chi connectivity index (χ0n) is 26.5. The summed E-state index contributed by atoms with van der Waals surface area (Å²) in [5.74, 6) is 0.0805. The maximum Gasteiger partial charge on any atom is 0.414 e. The Kier molecular flexibility index (Phi) is 23.2. The summed E-state index contributed by atoms with van der Waals surface area (Å²) in [6.07, 6.45) is 19.2. The molecule has 0 spiro atoms. The fourth-order valence-electron chi connectivity index (χ4n) is 4.75. The second-order valence-corrected chi connectivity index (χ2v) is 12.3. The molecule has 9 heteroatoms. The van der Waals surface area contributed by atoms with Gasteiger partial charge in [-0.1, -0.05) is 58.3 Å². The number of pyridine rings is 1. The van der Waals surface area contributed by atoms with Gasteiger partial charge in [0.2, 0.25) is 5.69 Å². The molecule has 0 aliphatic rings. The van der Waals surface area contributed by atoms with E-state index in [1.165, 1.54) is 99.5 Å². The molecule has 0 saturated heterocycles. The monoisotopic (exact) mass is 692 g/mol. The molecular weight excluding hydrogens is 636 g/mol. The van der Waals surface area contributed by atoms with E-state index >= 15 is 0 Å². The zero-order chi connectivity index (χ0) is 28.4. The number of unbranched alkanes of at least 4 members (excludes halogenated alkanes) is 12. The predicted molar refractivity (Wildman–Crippen MR) is 157 cm³/mol. The van der Waals surface area contributed by atoms with Crippen LogP contribution < -0.4 is 38.7 Å². The average molecular weight is 695 g/mol. The largest absolute Gasteiger partial charge is 1.00 e. The van der Waals surface area contributed by atoms with Gasteiger partial charge in [0, 0.05) is 20.3 Å². The van der Waals surface area contributed by atoms with Gasteiger partial charge in [-0.05, 0) is 50.7 Å². The van der Waals surface area contributed by atoms with Gasteiger partial charge in [0.1, 0.15) is 0 Å². The Balaban J connectivity index is 0. The lowest BCUT2D eigenvalue weighted by Gasteiger charge is -2.30. The van der Waals surface area contributed by atoms with Gasteiger partial charge in [-0.15, -0.1) is 0 Å². The molecule has 0 unspecified atom stereocenters. The normalized spacial score (nSPS) is 11.4. The standard InChI is InChI=1S/C31H58N4O3.2BrH/c1-8-9-10-11-16-19-25-34(4,5)26-20-17-14-12-13-15-18-21-27-35(6,7)30(36)29-28(23-22-24-32-29)38-31(37)33(2)3;;/h22-24H,8-21,25-27H2,1-7H3;2*1H/q+2;;/p-2. The topological polar surface area (TPSA) is 59.5 Å². The van der Waals surface area contributed by atoms with Crippen LogP contribution in [0.2, 0.25) is 0 Å². The fraction of sp³-hybridized carbons (Fsp3) is 0.774. The highest BCUT2D eigenvalue weighted by Gasteiger charge is 2.32. The molecule has 1 aromatic heterocycles. The molecular formula is C31H58Br2N4O3. The van der Waals surface area contributed by atoms with Gasteiger partial charge in [-0.25, -0.2) is 14.6 Å². The van der Waals surface area contributed by atoms with E-state index in [-0.39, 0.29) is 55.8 Å². The van der Waals surface area contributed by atoms with E-state index in [1.54, 1.807) is 32.4 Å². The molecule has 1 aromatic rings. The third-order valence-corrected chi connectivity index (χ3v) is 7.43. The lowest BCUT2D eigenvalue weighted by Crippen LogP contribution is -3.00. The van der Waals surface area contributed by atoms with Crippen molar-refractivity contribution in [1.82, 2.24) is 9.88 Å². The number of aromatic nitrogens is 1. The summed E-state index contributed by atoms with van der Waals surface area (Å²) in [5, 5.41) is 0. The Morgan fingerprint density at radius 3 is 1.68 bits per heavy atom. The molecule has 234 valence electrons. The van der Waals surface area contributed by atoms with Crippen LogP contribution in [0.1, 0.15) is 107 Å². The minimum atomic E-state index is -0.520. The molecule has 7 nitrogen and oxygen atoms in total. The number of halogens is 2. The number of carbonyl (C=O) groups excluding carboxylic acids is 2. The van der Waals surface area contributed by atoms with E-state index in [2.05, 4.69) is 26.0 Å². The molecule has 0 saturated carbocycles.